The molecule has 1 aromatic carbocycles. The molecule has 2 aromatic rings. The predicted octanol–water partition coefficient (Wildman–Crippen LogP) is 2.21. The SMILES string of the molecule is [2H]c1cc2c3c([nH]c2cc1OC)C([2H])([2H])CN(C([2H])([2H])[2H])C([2H])([2H])C3([2H])[2H]. The predicted molar refractivity (Wildman–Crippen MR) is 69.8 cm³/mol. The maximum atomic E-state index is 8.43. The van der Waals surface area contributed by atoms with Crippen molar-refractivity contribution in [1.29, 1.82) is 0 Å². The molecule has 0 atom stereocenters. The molecule has 1 aliphatic heterocycles. The minimum absolute atomic E-state index is 0.0827. The van der Waals surface area contributed by atoms with Crippen LogP contribution in [0.4, 0.5) is 0 Å². The van der Waals surface area contributed by atoms with Gasteiger partial charge in [-0.1, -0.05) is 0 Å². The molecule has 0 radical (unpaired) electrons. The highest BCUT2D eigenvalue weighted by molar-refractivity contribution is 5.86. The molecule has 1 N–H and O–H groups in total. The molecule has 3 heteroatoms. The maximum absolute atomic E-state index is 8.43. The van der Waals surface area contributed by atoms with Gasteiger partial charge in [0.25, 0.3) is 0 Å². The number of hydrogen-bond donors (Lipinski definition) is 1. The molecule has 0 fully saturated rings. The topological polar surface area (TPSA) is 28.3 Å². The number of benzene rings is 1. The first kappa shape index (κ1) is 4.32. The summed E-state index contributed by atoms with van der Waals surface area (Å²) in [7, 11) is 1.36. The van der Waals surface area contributed by atoms with Crippen molar-refractivity contribution in [2.24, 2.45) is 0 Å². The number of nitrogens with one attached hydrogen (secondary N) is 1. The lowest BCUT2D eigenvalue weighted by Crippen LogP contribution is -2.21. The van der Waals surface area contributed by atoms with E-state index in [-0.39, 0.29) is 38.9 Å². The number of ether oxygens (including phenoxy) is 1. The quantitative estimate of drug-likeness (QED) is 0.828. The molecule has 1 aliphatic rings. The summed E-state index contributed by atoms with van der Waals surface area (Å²) in [6.45, 7) is -6.96. The summed E-state index contributed by atoms with van der Waals surface area (Å²) in [4.78, 5) is 3.00. The number of aromatic amines is 1. The third-order valence-corrected chi connectivity index (χ3v) is 2.65. The lowest BCUT2D eigenvalue weighted by molar-refractivity contribution is 0.352. The first-order valence-electron chi connectivity index (χ1n) is 10.1. The van der Waals surface area contributed by atoms with E-state index in [0.717, 1.165) is 0 Å². The van der Waals surface area contributed by atoms with Gasteiger partial charge in [0.2, 0.25) is 0 Å². The molecule has 3 rings (SSSR count). The van der Waals surface area contributed by atoms with Crippen molar-refractivity contribution >= 4 is 10.9 Å². The Labute approximate surface area is 115 Å². The summed E-state index contributed by atoms with van der Waals surface area (Å²) in [5.41, 5.74) is -0.292. The van der Waals surface area contributed by atoms with E-state index in [1.807, 2.05) is 0 Å². The number of rotatable bonds is 1. The minimum atomic E-state index is -3.05. The van der Waals surface area contributed by atoms with E-state index >= 15 is 0 Å². The van der Waals surface area contributed by atoms with Crippen LogP contribution in [0.3, 0.4) is 0 Å². The van der Waals surface area contributed by atoms with Crippen LogP contribution in [0.5, 0.6) is 5.75 Å². The van der Waals surface area contributed by atoms with Crippen molar-refractivity contribution in [3.63, 3.8) is 0 Å². The van der Waals surface area contributed by atoms with Gasteiger partial charge in [-0.3, -0.25) is 0 Å². The molecule has 2 heterocycles. The number of likely N-dealkylation sites (N-methyl/N-ethyl adjacent to an activating group) is 1. The standard InChI is InChI=1S/C14H18N2O/c1-16-7-5-12-11-4-3-10(17-2)9-14(11)15-13(12)6-8-16/h3-4,9,15H,5-8H2,1-2H3/i1D3,3D,5D2,6D2,7D2. The molecule has 0 saturated heterocycles. The van der Waals surface area contributed by atoms with Crippen molar-refractivity contribution < 1.29 is 18.4 Å². The highest BCUT2D eigenvalue weighted by Gasteiger charge is 2.16. The fourth-order valence-corrected chi connectivity index (χ4v) is 1.81. The van der Waals surface area contributed by atoms with Gasteiger partial charge in [0.05, 0.1) is 8.48 Å². The van der Waals surface area contributed by atoms with Gasteiger partial charge in [-0.2, -0.15) is 0 Å². The van der Waals surface area contributed by atoms with Crippen LogP contribution in [0.2, 0.25) is 0 Å². The van der Waals surface area contributed by atoms with E-state index in [1.54, 1.807) is 0 Å². The second-order valence-corrected chi connectivity index (χ2v) is 3.70. The average Bonchev–Trinajstić information content (AvgIpc) is 2.88. The van der Waals surface area contributed by atoms with Crippen molar-refractivity contribution in [2.45, 2.75) is 12.7 Å². The molecule has 17 heavy (non-hydrogen) atoms. The summed E-state index contributed by atoms with van der Waals surface area (Å²) >= 11 is 0. The Hall–Kier alpha value is -1.48. The number of aromatic nitrogens is 1. The van der Waals surface area contributed by atoms with Gasteiger partial charge in [-0.15, -0.1) is 0 Å². The Morgan fingerprint density at radius 2 is 2.53 bits per heavy atom. The zero-order valence-corrected chi connectivity index (χ0v) is 9.22. The van der Waals surface area contributed by atoms with Crippen molar-refractivity contribution in [3.05, 3.63) is 29.4 Å². The lowest BCUT2D eigenvalue weighted by atomic mass is 10.1. The summed E-state index contributed by atoms with van der Waals surface area (Å²) in [6, 6.07) is 2.59. The largest absolute Gasteiger partial charge is 0.497 e. The highest BCUT2D eigenvalue weighted by Crippen LogP contribution is 2.28. The van der Waals surface area contributed by atoms with E-state index in [1.165, 1.54) is 19.2 Å². The van der Waals surface area contributed by atoms with Crippen LogP contribution in [0.1, 0.15) is 25.0 Å². The number of H-pyrrole nitrogens is 1. The van der Waals surface area contributed by atoms with Crippen LogP contribution < -0.4 is 4.74 Å². The van der Waals surface area contributed by atoms with Crippen molar-refractivity contribution in [1.82, 2.24) is 9.88 Å². The summed E-state index contributed by atoms with van der Waals surface area (Å²) in [5.74, 6) is 0.187. The van der Waals surface area contributed by atoms with Gasteiger partial charge in [-0.25, -0.2) is 0 Å². The van der Waals surface area contributed by atoms with Gasteiger partial charge in [0, 0.05) is 54.4 Å². The van der Waals surface area contributed by atoms with Crippen molar-refractivity contribution in [2.75, 3.05) is 27.1 Å². The summed E-state index contributed by atoms with van der Waals surface area (Å²) < 4.78 is 85.8. The lowest BCUT2D eigenvalue weighted by Gasteiger charge is -2.11. The van der Waals surface area contributed by atoms with Crippen LogP contribution in [0, 0.1) is 0 Å². The zero-order valence-electron chi connectivity index (χ0n) is 19.2. The molecular weight excluding hydrogens is 212 g/mol. The Morgan fingerprint density at radius 1 is 1.59 bits per heavy atom. The monoisotopic (exact) mass is 240 g/mol. The van der Waals surface area contributed by atoms with E-state index in [9.17, 15) is 0 Å². The molecule has 0 amide bonds. The second-order valence-electron chi connectivity index (χ2n) is 3.70. The van der Waals surface area contributed by atoms with Crippen LogP contribution >= 0.6 is 0 Å². The third-order valence-electron chi connectivity index (χ3n) is 2.65. The molecule has 0 aliphatic carbocycles. The fourth-order valence-electron chi connectivity index (χ4n) is 1.81. The van der Waals surface area contributed by atoms with Gasteiger partial charge in [-0.05, 0) is 31.0 Å². The highest BCUT2D eigenvalue weighted by atomic mass is 16.5. The van der Waals surface area contributed by atoms with E-state index in [2.05, 4.69) is 4.98 Å². The van der Waals surface area contributed by atoms with E-state index < -0.39 is 32.8 Å². The number of fused-ring (bicyclic) bond motifs is 3. The molecule has 1 aromatic heterocycles. The number of aryl methyl sites for hydroxylation is 1. The number of hydrogen-bond acceptors (Lipinski definition) is 2. The van der Waals surface area contributed by atoms with Gasteiger partial charge >= 0.3 is 0 Å². The fraction of sp³-hybridized carbons (Fsp3) is 0.429. The van der Waals surface area contributed by atoms with Gasteiger partial charge in [0.1, 0.15) is 5.75 Å². The molecule has 3 nitrogen and oxygen atoms in total. The normalized spacial score (nSPS) is 35.1. The Morgan fingerprint density at radius 3 is 3.35 bits per heavy atom. The Bertz CT molecular complexity index is 901. The van der Waals surface area contributed by atoms with Crippen LogP contribution in [0.15, 0.2) is 18.2 Å². The summed E-state index contributed by atoms with van der Waals surface area (Å²) in [5, 5.41) is 0.112. The zero-order chi connectivity index (χ0) is 20.6. The smallest absolute Gasteiger partial charge is 0.120 e. The number of methoxy groups -OCH3 is 1. The van der Waals surface area contributed by atoms with Crippen LogP contribution in [0.25, 0.3) is 10.9 Å². The average molecular weight is 240 g/mol. The van der Waals surface area contributed by atoms with E-state index in [4.69, 9.17) is 18.4 Å². The minimum Gasteiger partial charge on any atom is -0.497 e. The molecule has 0 bridgehead atoms. The van der Waals surface area contributed by atoms with Crippen LogP contribution in [-0.2, 0) is 12.7 Å². The molecule has 0 saturated carbocycles. The Balaban J connectivity index is 2.40. The molecule has 0 spiro atoms. The Kier molecular flexibility index (Phi) is 1.04. The third kappa shape index (κ3) is 1.80. The molecule has 90 valence electrons. The first-order valence-corrected chi connectivity index (χ1v) is 5.13. The molecule has 0 unspecified atom stereocenters. The second kappa shape index (κ2) is 4.08. The summed E-state index contributed by atoms with van der Waals surface area (Å²) in [6.07, 6.45) is -5.25. The molecular formula is C14H18N2O. The van der Waals surface area contributed by atoms with E-state index in [0.29, 0.717) is 0 Å². The van der Waals surface area contributed by atoms with Gasteiger partial charge in [0.15, 0.2) is 0 Å². The van der Waals surface area contributed by atoms with Crippen molar-refractivity contribution in [3.8, 4) is 5.75 Å². The first-order chi connectivity index (χ1) is 12.1. The van der Waals surface area contributed by atoms with Crippen LogP contribution in [-0.4, -0.2) is 37.0 Å². The number of nitrogens with zero attached hydrogens (tertiary/aromatic N) is 1. The van der Waals surface area contributed by atoms with Gasteiger partial charge < -0.3 is 14.6 Å². The maximum Gasteiger partial charge on any atom is 0.120 e.